The maximum atomic E-state index is 11.5. The third-order valence-electron chi connectivity index (χ3n) is 2.85. The molecule has 1 rings (SSSR count). The van der Waals surface area contributed by atoms with E-state index in [0.717, 1.165) is 12.2 Å². The summed E-state index contributed by atoms with van der Waals surface area (Å²) >= 11 is 0. The van der Waals surface area contributed by atoms with Crippen LogP contribution in [0.1, 0.15) is 12.2 Å². The summed E-state index contributed by atoms with van der Waals surface area (Å²) in [5.74, 6) is 1.29. The summed E-state index contributed by atoms with van der Waals surface area (Å²) in [7, 11) is 3.25. The summed E-state index contributed by atoms with van der Waals surface area (Å²) in [6, 6.07) is 3.71. The molecule has 1 heterocycles. The first-order chi connectivity index (χ1) is 11.3. The second kappa shape index (κ2) is 15.2. The monoisotopic (exact) mass is 454 g/mol. The van der Waals surface area contributed by atoms with Crippen molar-refractivity contribution < 1.29 is 18.7 Å². The summed E-state index contributed by atoms with van der Waals surface area (Å²) in [4.78, 5) is 15.6. The van der Waals surface area contributed by atoms with Crippen molar-refractivity contribution in [3.05, 3.63) is 24.2 Å². The fourth-order valence-corrected chi connectivity index (χ4v) is 1.69. The molecule has 0 aliphatic carbocycles. The smallest absolute Gasteiger partial charge is 0.239 e. The molecule has 0 unspecified atom stereocenters. The maximum absolute atomic E-state index is 11.5. The van der Waals surface area contributed by atoms with Gasteiger partial charge in [-0.1, -0.05) is 0 Å². The minimum atomic E-state index is -0.105. The van der Waals surface area contributed by atoms with Gasteiger partial charge in [-0.3, -0.25) is 9.79 Å². The van der Waals surface area contributed by atoms with Gasteiger partial charge in [-0.05, 0) is 18.6 Å². The number of nitrogens with one attached hydrogen (secondary N) is 3. The standard InChI is InChI=1S/C15H26N4O4.HI/c1-16-15(19-11-14(20)17-7-10-21-2)18-6-4-8-22-12-13-5-3-9-23-13;/h3,5,9H,4,6-8,10-12H2,1-2H3,(H,17,20)(H2,16,18,19);1H. The highest BCUT2D eigenvalue weighted by molar-refractivity contribution is 14.0. The molecule has 0 atom stereocenters. The topological polar surface area (TPSA) is 97.1 Å². The van der Waals surface area contributed by atoms with Crippen molar-refractivity contribution in [2.75, 3.05) is 47.0 Å². The highest BCUT2D eigenvalue weighted by atomic mass is 127. The molecule has 0 fully saturated rings. The fourth-order valence-electron chi connectivity index (χ4n) is 1.69. The van der Waals surface area contributed by atoms with Crippen LogP contribution in [-0.4, -0.2) is 58.9 Å². The van der Waals surface area contributed by atoms with Crippen LogP contribution in [0.3, 0.4) is 0 Å². The molecular weight excluding hydrogens is 427 g/mol. The van der Waals surface area contributed by atoms with Gasteiger partial charge in [0.15, 0.2) is 5.96 Å². The summed E-state index contributed by atoms with van der Waals surface area (Å²) in [5.41, 5.74) is 0. The summed E-state index contributed by atoms with van der Waals surface area (Å²) in [6.45, 7) is 2.94. The first kappa shape index (κ1) is 22.7. The number of furan rings is 1. The predicted octanol–water partition coefficient (Wildman–Crippen LogP) is 0.732. The summed E-state index contributed by atoms with van der Waals surface area (Å²) in [6.07, 6.45) is 2.45. The van der Waals surface area contributed by atoms with E-state index in [1.807, 2.05) is 12.1 Å². The molecule has 8 nitrogen and oxygen atoms in total. The lowest BCUT2D eigenvalue weighted by Crippen LogP contribution is -2.44. The van der Waals surface area contributed by atoms with E-state index in [-0.39, 0.29) is 36.4 Å². The van der Waals surface area contributed by atoms with Crippen molar-refractivity contribution in [1.82, 2.24) is 16.0 Å². The predicted molar refractivity (Wildman–Crippen MR) is 103 cm³/mol. The number of methoxy groups -OCH3 is 1. The van der Waals surface area contributed by atoms with Gasteiger partial charge in [0, 0.05) is 33.9 Å². The van der Waals surface area contributed by atoms with E-state index in [1.165, 1.54) is 0 Å². The number of hydrogen-bond donors (Lipinski definition) is 3. The Kier molecular flexibility index (Phi) is 14.4. The average Bonchev–Trinajstić information content (AvgIpc) is 3.07. The van der Waals surface area contributed by atoms with E-state index >= 15 is 0 Å². The number of halogens is 1. The van der Waals surface area contributed by atoms with Gasteiger partial charge in [0.2, 0.25) is 5.91 Å². The van der Waals surface area contributed by atoms with Crippen molar-refractivity contribution in [3.63, 3.8) is 0 Å². The number of ether oxygens (including phenoxy) is 2. The molecule has 1 aromatic rings. The Morgan fingerprint density at radius 2 is 2.08 bits per heavy atom. The first-order valence-corrected chi connectivity index (χ1v) is 7.56. The number of nitrogens with zero attached hydrogens (tertiary/aromatic N) is 1. The van der Waals surface area contributed by atoms with Crippen LogP contribution in [0.5, 0.6) is 0 Å². The Morgan fingerprint density at radius 3 is 2.75 bits per heavy atom. The van der Waals surface area contributed by atoms with Crippen LogP contribution in [0.2, 0.25) is 0 Å². The highest BCUT2D eigenvalue weighted by Gasteiger charge is 2.02. The van der Waals surface area contributed by atoms with E-state index in [4.69, 9.17) is 13.9 Å². The molecule has 0 radical (unpaired) electrons. The molecule has 0 aliphatic rings. The number of guanidine groups is 1. The van der Waals surface area contributed by atoms with Crippen LogP contribution >= 0.6 is 24.0 Å². The number of rotatable bonds is 11. The lowest BCUT2D eigenvalue weighted by Gasteiger charge is -2.12. The normalized spacial score (nSPS) is 10.8. The van der Waals surface area contributed by atoms with Gasteiger partial charge in [-0.25, -0.2) is 0 Å². The molecule has 0 aromatic carbocycles. The molecule has 1 amide bonds. The van der Waals surface area contributed by atoms with Gasteiger partial charge >= 0.3 is 0 Å². The molecule has 0 spiro atoms. The second-order valence-electron chi connectivity index (χ2n) is 4.68. The Labute approximate surface area is 159 Å². The molecule has 1 aromatic heterocycles. The molecule has 138 valence electrons. The van der Waals surface area contributed by atoms with Crippen molar-refractivity contribution in [2.45, 2.75) is 13.0 Å². The van der Waals surface area contributed by atoms with Crippen LogP contribution in [0.25, 0.3) is 0 Å². The molecule has 24 heavy (non-hydrogen) atoms. The van der Waals surface area contributed by atoms with Crippen molar-refractivity contribution in [1.29, 1.82) is 0 Å². The Bertz CT molecular complexity index is 454. The minimum absolute atomic E-state index is 0. The Balaban J connectivity index is 0.00000529. The average molecular weight is 454 g/mol. The number of amides is 1. The number of hydrogen-bond acceptors (Lipinski definition) is 5. The third-order valence-corrected chi connectivity index (χ3v) is 2.85. The number of carbonyl (C=O) groups is 1. The largest absolute Gasteiger partial charge is 0.467 e. The lowest BCUT2D eigenvalue weighted by atomic mass is 10.4. The number of aliphatic imine (C=N–C) groups is 1. The van der Waals surface area contributed by atoms with E-state index in [9.17, 15) is 4.79 Å². The Morgan fingerprint density at radius 1 is 1.25 bits per heavy atom. The van der Waals surface area contributed by atoms with E-state index in [1.54, 1.807) is 20.4 Å². The van der Waals surface area contributed by atoms with Crippen molar-refractivity contribution in [2.24, 2.45) is 4.99 Å². The summed E-state index contributed by atoms with van der Waals surface area (Å²) in [5, 5.41) is 8.78. The third kappa shape index (κ3) is 11.2. The zero-order valence-electron chi connectivity index (χ0n) is 14.2. The van der Waals surface area contributed by atoms with E-state index in [0.29, 0.717) is 38.9 Å². The molecule has 0 saturated carbocycles. The van der Waals surface area contributed by atoms with Crippen LogP contribution in [0.4, 0.5) is 0 Å². The van der Waals surface area contributed by atoms with Crippen LogP contribution in [0, 0.1) is 0 Å². The van der Waals surface area contributed by atoms with Crippen molar-refractivity contribution >= 4 is 35.8 Å². The van der Waals surface area contributed by atoms with E-state index in [2.05, 4.69) is 20.9 Å². The lowest BCUT2D eigenvalue weighted by molar-refractivity contribution is -0.120. The van der Waals surface area contributed by atoms with Crippen molar-refractivity contribution in [3.8, 4) is 0 Å². The van der Waals surface area contributed by atoms with Crippen LogP contribution < -0.4 is 16.0 Å². The first-order valence-electron chi connectivity index (χ1n) is 7.56. The highest BCUT2D eigenvalue weighted by Crippen LogP contribution is 2.01. The van der Waals surface area contributed by atoms with Gasteiger partial charge in [0.05, 0.1) is 19.4 Å². The van der Waals surface area contributed by atoms with Gasteiger partial charge in [-0.2, -0.15) is 0 Å². The quantitative estimate of drug-likeness (QED) is 0.198. The molecule has 3 N–H and O–H groups in total. The van der Waals surface area contributed by atoms with Crippen LogP contribution in [0.15, 0.2) is 27.8 Å². The maximum Gasteiger partial charge on any atom is 0.239 e. The van der Waals surface area contributed by atoms with Gasteiger partial charge in [0.25, 0.3) is 0 Å². The zero-order valence-corrected chi connectivity index (χ0v) is 16.5. The molecule has 0 aliphatic heterocycles. The fraction of sp³-hybridized carbons (Fsp3) is 0.600. The molecular formula is C15H27IN4O4. The SMILES string of the molecule is CN=C(NCCCOCc1ccco1)NCC(=O)NCCOC.I. The second-order valence-corrected chi connectivity index (χ2v) is 4.68. The zero-order chi connectivity index (χ0) is 16.8. The van der Waals surface area contributed by atoms with Gasteiger partial charge < -0.3 is 29.8 Å². The Hall–Kier alpha value is -1.33. The van der Waals surface area contributed by atoms with Gasteiger partial charge in [0.1, 0.15) is 12.4 Å². The van der Waals surface area contributed by atoms with Crippen LogP contribution in [-0.2, 0) is 20.9 Å². The number of carbonyl (C=O) groups excluding carboxylic acids is 1. The van der Waals surface area contributed by atoms with Gasteiger partial charge in [-0.15, -0.1) is 24.0 Å². The molecule has 0 bridgehead atoms. The minimum Gasteiger partial charge on any atom is -0.467 e. The molecule has 0 saturated heterocycles. The van der Waals surface area contributed by atoms with E-state index < -0.39 is 0 Å². The summed E-state index contributed by atoms with van der Waals surface area (Å²) < 4.78 is 15.5. The molecule has 9 heteroatoms.